The number of benzene rings is 1. The third-order valence-corrected chi connectivity index (χ3v) is 6.04. The van der Waals surface area contributed by atoms with Crippen molar-refractivity contribution in [3.05, 3.63) is 41.7 Å². The third-order valence-electron chi connectivity index (χ3n) is 6.04. The van der Waals surface area contributed by atoms with Crippen LogP contribution in [0.3, 0.4) is 0 Å². The summed E-state index contributed by atoms with van der Waals surface area (Å²) in [5, 5.41) is 4.24. The fraction of sp³-hybridized carbons (Fsp3) is 0.545. The minimum atomic E-state index is -0.173. The summed E-state index contributed by atoms with van der Waals surface area (Å²) < 4.78 is 5.59. The molecule has 0 saturated carbocycles. The summed E-state index contributed by atoms with van der Waals surface area (Å²) >= 11 is 0. The average Bonchev–Trinajstić information content (AvgIpc) is 3.29. The van der Waals surface area contributed by atoms with Gasteiger partial charge in [0.15, 0.2) is 5.76 Å². The SMILES string of the molecule is CCCN1CCC[C@]2(CCN(Cc3cc(-c4ccc(C)cc4)no3)C2)C1=O. The monoisotopic (exact) mass is 367 g/mol. The van der Waals surface area contributed by atoms with Crippen molar-refractivity contribution < 1.29 is 9.32 Å². The third kappa shape index (κ3) is 3.65. The number of carbonyl (C=O) groups excluding carboxylic acids is 1. The Bertz CT molecular complexity index is 796. The molecule has 0 aliphatic carbocycles. The molecular formula is C22H29N3O2. The Labute approximate surface area is 161 Å². The van der Waals surface area contributed by atoms with Gasteiger partial charge in [0, 0.05) is 31.3 Å². The van der Waals surface area contributed by atoms with Crippen molar-refractivity contribution in [1.82, 2.24) is 15.0 Å². The van der Waals surface area contributed by atoms with E-state index in [4.69, 9.17) is 4.52 Å². The number of amides is 1. The van der Waals surface area contributed by atoms with Gasteiger partial charge in [-0.2, -0.15) is 0 Å². The molecule has 1 amide bonds. The first-order valence-corrected chi connectivity index (χ1v) is 10.1. The van der Waals surface area contributed by atoms with Crippen molar-refractivity contribution in [3.63, 3.8) is 0 Å². The van der Waals surface area contributed by atoms with Crippen molar-refractivity contribution in [3.8, 4) is 11.3 Å². The highest BCUT2D eigenvalue weighted by molar-refractivity contribution is 5.84. The number of piperidine rings is 1. The van der Waals surface area contributed by atoms with Crippen LogP contribution < -0.4 is 0 Å². The van der Waals surface area contributed by atoms with Gasteiger partial charge in [0.1, 0.15) is 5.69 Å². The fourth-order valence-corrected chi connectivity index (χ4v) is 4.58. The van der Waals surface area contributed by atoms with E-state index in [0.29, 0.717) is 5.91 Å². The lowest BCUT2D eigenvalue weighted by molar-refractivity contribution is -0.145. The van der Waals surface area contributed by atoms with Crippen molar-refractivity contribution >= 4 is 5.91 Å². The molecule has 2 aliphatic heterocycles. The maximum atomic E-state index is 13.0. The van der Waals surface area contributed by atoms with Crippen LogP contribution in [-0.2, 0) is 11.3 Å². The number of carbonyl (C=O) groups is 1. The molecule has 2 aliphatic rings. The van der Waals surface area contributed by atoms with Crippen LogP contribution in [0.2, 0.25) is 0 Å². The molecular weight excluding hydrogens is 338 g/mol. The highest BCUT2D eigenvalue weighted by Crippen LogP contribution is 2.40. The normalized spacial score (nSPS) is 23.5. The number of hydrogen-bond donors (Lipinski definition) is 0. The van der Waals surface area contributed by atoms with E-state index >= 15 is 0 Å². The zero-order chi connectivity index (χ0) is 18.9. The Hall–Kier alpha value is -2.14. The van der Waals surface area contributed by atoms with Crippen LogP contribution >= 0.6 is 0 Å². The van der Waals surface area contributed by atoms with Crippen LogP contribution in [0.1, 0.15) is 43.9 Å². The number of hydrogen-bond acceptors (Lipinski definition) is 4. The van der Waals surface area contributed by atoms with E-state index < -0.39 is 0 Å². The summed E-state index contributed by atoms with van der Waals surface area (Å²) in [5.41, 5.74) is 3.01. The van der Waals surface area contributed by atoms with Crippen molar-refractivity contribution in [2.75, 3.05) is 26.2 Å². The van der Waals surface area contributed by atoms with Crippen LogP contribution in [-0.4, -0.2) is 47.0 Å². The molecule has 2 fully saturated rings. The first kappa shape index (κ1) is 18.2. The number of aryl methyl sites for hydroxylation is 1. The van der Waals surface area contributed by atoms with E-state index in [2.05, 4.69) is 53.1 Å². The molecule has 5 heteroatoms. The second-order valence-electron chi connectivity index (χ2n) is 8.18. The first-order valence-electron chi connectivity index (χ1n) is 10.1. The first-order chi connectivity index (χ1) is 13.1. The largest absolute Gasteiger partial charge is 0.359 e. The van der Waals surface area contributed by atoms with Gasteiger partial charge in [-0.05, 0) is 39.2 Å². The molecule has 0 N–H and O–H groups in total. The molecule has 1 aromatic carbocycles. The molecule has 2 aromatic rings. The van der Waals surface area contributed by atoms with E-state index in [1.54, 1.807) is 0 Å². The zero-order valence-electron chi connectivity index (χ0n) is 16.4. The average molecular weight is 367 g/mol. The standard InChI is InChI=1S/C22H29N3O2/c1-3-11-25-12-4-9-22(21(25)26)10-13-24(16-22)15-19-14-20(23-27-19)18-7-5-17(2)6-8-18/h5-8,14H,3-4,9-13,15-16H2,1-2H3/t22-/m1/s1. The lowest BCUT2D eigenvalue weighted by atomic mass is 9.78. The minimum Gasteiger partial charge on any atom is -0.359 e. The molecule has 5 nitrogen and oxygen atoms in total. The predicted octanol–water partition coefficient (Wildman–Crippen LogP) is 3.87. The van der Waals surface area contributed by atoms with Gasteiger partial charge in [-0.15, -0.1) is 0 Å². The smallest absolute Gasteiger partial charge is 0.230 e. The van der Waals surface area contributed by atoms with Crippen LogP contribution in [0.15, 0.2) is 34.9 Å². The molecule has 1 spiro atoms. The molecule has 3 heterocycles. The Kier molecular flexibility index (Phi) is 5.04. The maximum absolute atomic E-state index is 13.0. The molecule has 0 unspecified atom stereocenters. The quantitative estimate of drug-likeness (QED) is 0.805. The zero-order valence-corrected chi connectivity index (χ0v) is 16.4. The summed E-state index contributed by atoms with van der Waals surface area (Å²) in [4.78, 5) is 17.5. The number of aromatic nitrogens is 1. The van der Waals surface area contributed by atoms with Gasteiger partial charge in [-0.25, -0.2) is 0 Å². The van der Waals surface area contributed by atoms with Crippen LogP contribution in [0.5, 0.6) is 0 Å². The van der Waals surface area contributed by atoms with Gasteiger partial charge in [0.25, 0.3) is 0 Å². The highest BCUT2D eigenvalue weighted by atomic mass is 16.5. The number of likely N-dealkylation sites (tertiary alicyclic amines) is 2. The molecule has 1 atom stereocenters. The van der Waals surface area contributed by atoms with Crippen LogP contribution in [0.4, 0.5) is 0 Å². The van der Waals surface area contributed by atoms with Crippen molar-refractivity contribution in [1.29, 1.82) is 0 Å². The summed E-state index contributed by atoms with van der Waals surface area (Å²) in [5.74, 6) is 1.24. The number of rotatable bonds is 5. The van der Waals surface area contributed by atoms with E-state index in [1.165, 1.54) is 5.56 Å². The van der Waals surface area contributed by atoms with Crippen molar-refractivity contribution in [2.45, 2.75) is 46.1 Å². The predicted molar refractivity (Wildman–Crippen MR) is 105 cm³/mol. The maximum Gasteiger partial charge on any atom is 0.230 e. The molecule has 0 bridgehead atoms. The topological polar surface area (TPSA) is 49.6 Å². The summed E-state index contributed by atoms with van der Waals surface area (Å²) in [6, 6.07) is 10.4. The minimum absolute atomic E-state index is 0.173. The van der Waals surface area contributed by atoms with Gasteiger partial charge in [0.05, 0.1) is 12.0 Å². The second kappa shape index (κ2) is 7.47. The molecule has 2 saturated heterocycles. The van der Waals surface area contributed by atoms with Gasteiger partial charge < -0.3 is 9.42 Å². The Morgan fingerprint density at radius 3 is 2.78 bits per heavy atom. The lowest BCUT2D eigenvalue weighted by Crippen LogP contribution is -2.50. The van der Waals surface area contributed by atoms with E-state index in [9.17, 15) is 4.79 Å². The van der Waals surface area contributed by atoms with Crippen LogP contribution in [0.25, 0.3) is 11.3 Å². The fourth-order valence-electron chi connectivity index (χ4n) is 4.58. The van der Waals surface area contributed by atoms with Crippen LogP contribution in [0, 0.1) is 12.3 Å². The lowest BCUT2D eigenvalue weighted by Gasteiger charge is -2.39. The molecule has 4 rings (SSSR count). The van der Waals surface area contributed by atoms with E-state index in [-0.39, 0.29) is 5.41 Å². The second-order valence-corrected chi connectivity index (χ2v) is 8.18. The van der Waals surface area contributed by atoms with E-state index in [0.717, 1.165) is 75.4 Å². The Balaban J connectivity index is 1.41. The van der Waals surface area contributed by atoms with Gasteiger partial charge >= 0.3 is 0 Å². The Morgan fingerprint density at radius 2 is 2.00 bits per heavy atom. The molecule has 144 valence electrons. The summed E-state index contributed by atoms with van der Waals surface area (Å²) in [7, 11) is 0. The molecule has 0 radical (unpaired) electrons. The highest BCUT2D eigenvalue weighted by Gasteiger charge is 2.48. The molecule has 27 heavy (non-hydrogen) atoms. The summed E-state index contributed by atoms with van der Waals surface area (Å²) in [6.07, 6.45) is 4.14. The van der Waals surface area contributed by atoms with Gasteiger partial charge in [0.2, 0.25) is 5.91 Å². The van der Waals surface area contributed by atoms with E-state index in [1.807, 2.05) is 6.07 Å². The van der Waals surface area contributed by atoms with Crippen molar-refractivity contribution in [2.24, 2.45) is 5.41 Å². The molecule has 1 aromatic heterocycles. The van der Waals surface area contributed by atoms with Gasteiger partial charge in [-0.3, -0.25) is 9.69 Å². The summed E-state index contributed by atoms with van der Waals surface area (Å²) in [6.45, 7) is 8.56. The van der Waals surface area contributed by atoms with Gasteiger partial charge in [-0.1, -0.05) is 41.9 Å². The Morgan fingerprint density at radius 1 is 1.19 bits per heavy atom. The number of nitrogens with zero attached hydrogens (tertiary/aromatic N) is 3.